The summed E-state index contributed by atoms with van der Waals surface area (Å²) in [7, 11) is 0. The summed E-state index contributed by atoms with van der Waals surface area (Å²) < 4.78 is 46.0. The Morgan fingerprint density at radius 2 is 1.75 bits per heavy atom. The highest BCUT2D eigenvalue weighted by molar-refractivity contribution is 6.05. The van der Waals surface area contributed by atoms with Crippen molar-refractivity contribution in [3.63, 3.8) is 0 Å². The minimum Gasteiger partial charge on any atom is -0.508 e. The number of urea groups is 1. The average molecular weight is 801 g/mol. The number of amides is 2. The number of aliphatic hydroxyl groups excluding tert-OH is 1. The Morgan fingerprint density at radius 3 is 2.47 bits per heavy atom. The number of nitrogens with two attached hydrogens (primary N) is 1. The molecule has 0 spiro atoms. The number of nitrogen functional groups attached to an aromatic ring is 1. The van der Waals surface area contributed by atoms with Crippen LogP contribution in [0.2, 0.25) is 0 Å². The third-order valence-corrected chi connectivity index (χ3v) is 9.57. The topological polar surface area (TPSA) is 179 Å². The first-order chi connectivity index (χ1) is 28.2. The standard InChI is InChI=1S/C44H35F3N6O6/c1-3-53(41-36(48)17-18-37(52-41)26-5-4-6-27(19-26)44(45,46)47)43(58)51-28-9-7-25(8-10-28)23-49-24(2)50-29-11-14-32(35(20-29)42(56)57)40-33-15-12-30(54)21-38(33)59-39-22-31(55)13-16-34(39)40/h3-22,33,38,49-50,54H,1-2,23,48H2,(H,51,58)(H,56,57). The highest BCUT2D eigenvalue weighted by atomic mass is 19.4. The van der Waals surface area contributed by atoms with Gasteiger partial charge in [0, 0.05) is 47.2 Å². The molecule has 1 aliphatic heterocycles. The number of ether oxygens (including phenoxy) is 1. The summed E-state index contributed by atoms with van der Waals surface area (Å²) in [6.45, 7) is 8.00. The lowest BCUT2D eigenvalue weighted by Crippen LogP contribution is -2.31. The molecule has 0 saturated carbocycles. The number of carbonyl (C=O) groups is 3. The molecule has 298 valence electrons. The minimum atomic E-state index is -4.55. The molecule has 0 radical (unpaired) electrons. The molecule has 2 unspecified atom stereocenters. The van der Waals surface area contributed by atoms with Gasteiger partial charge in [0.15, 0.2) is 11.6 Å². The molecule has 2 heterocycles. The number of aromatic carboxylic acids is 1. The van der Waals surface area contributed by atoms with Crippen molar-refractivity contribution in [2.75, 3.05) is 21.3 Å². The molecule has 4 aromatic rings. The van der Waals surface area contributed by atoms with Crippen LogP contribution in [-0.4, -0.2) is 39.1 Å². The Kier molecular flexibility index (Phi) is 10.7. The summed E-state index contributed by atoms with van der Waals surface area (Å²) in [6, 6.07) is 18.6. The van der Waals surface area contributed by atoms with Crippen LogP contribution in [0.3, 0.4) is 0 Å². The van der Waals surface area contributed by atoms with Crippen LogP contribution < -0.4 is 26.6 Å². The van der Waals surface area contributed by atoms with E-state index in [1.54, 1.807) is 48.6 Å². The molecule has 0 saturated heterocycles. The Morgan fingerprint density at radius 1 is 0.983 bits per heavy atom. The number of nitrogens with one attached hydrogen (secondary N) is 3. The molecule has 0 bridgehead atoms. The van der Waals surface area contributed by atoms with Gasteiger partial charge in [-0.1, -0.05) is 49.6 Å². The van der Waals surface area contributed by atoms with Crippen molar-refractivity contribution in [1.29, 1.82) is 0 Å². The SMILES string of the molecule is C=CN(C(=O)Nc1ccc(CNC(=C)Nc2ccc(C3=C4C=CC(=O)C=C4OC4C=C(O)C=CC34)c(C(=O)O)c2)cc1)c1nc(-c2cccc(C(F)(F)F)c2)ccc1N. The molecule has 3 aliphatic rings. The highest BCUT2D eigenvalue weighted by Crippen LogP contribution is 2.45. The maximum absolute atomic E-state index is 13.3. The number of rotatable bonds is 11. The Bertz CT molecular complexity index is 2570. The second-order valence-corrected chi connectivity index (χ2v) is 13.5. The van der Waals surface area contributed by atoms with E-state index in [4.69, 9.17) is 10.5 Å². The molecule has 59 heavy (non-hydrogen) atoms. The molecule has 12 nitrogen and oxygen atoms in total. The zero-order chi connectivity index (χ0) is 42.0. The van der Waals surface area contributed by atoms with Crippen molar-refractivity contribution in [3.8, 4) is 11.3 Å². The number of nitrogens with zero attached hydrogens (tertiary/aromatic N) is 2. The monoisotopic (exact) mass is 800 g/mol. The quantitative estimate of drug-likeness (QED) is 0.0860. The van der Waals surface area contributed by atoms with Crippen LogP contribution in [0.15, 0.2) is 158 Å². The number of ketones is 1. The van der Waals surface area contributed by atoms with Gasteiger partial charge < -0.3 is 36.6 Å². The van der Waals surface area contributed by atoms with Crippen molar-refractivity contribution in [2.45, 2.75) is 18.8 Å². The first kappa shape index (κ1) is 39.4. The van der Waals surface area contributed by atoms with Crippen LogP contribution in [0.4, 0.5) is 40.8 Å². The number of alkyl halides is 3. The fraction of sp³-hybridized carbons (Fsp3) is 0.0909. The van der Waals surface area contributed by atoms with Crippen molar-refractivity contribution < 1.29 is 42.5 Å². The van der Waals surface area contributed by atoms with E-state index in [9.17, 15) is 37.8 Å². The van der Waals surface area contributed by atoms with Crippen LogP contribution >= 0.6 is 0 Å². The van der Waals surface area contributed by atoms with E-state index in [0.717, 1.165) is 22.6 Å². The number of benzene rings is 3. The molecule has 0 fully saturated rings. The predicted octanol–water partition coefficient (Wildman–Crippen LogP) is 8.71. The first-order valence-corrected chi connectivity index (χ1v) is 18.0. The summed E-state index contributed by atoms with van der Waals surface area (Å²) in [5, 5.41) is 29.4. The zero-order valence-corrected chi connectivity index (χ0v) is 31.0. The number of anilines is 4. The summed E-state index contributed by atoms with van der Waals surface area (Å²) in [6.07, 6.45) is 5.11. The van der Waals surface area contributed by atoms with E-state index in [1.165, 1.54) is 60.8 Å². The Balaban J connectivity index is 1.00. The molecule has 2 aliphatic carbocycles. The van der Waals surface area contributed by atoms with Gasteiger partial charge in [-0.05, 0) is 89.5 Å². The van der Waals surface area contributed by atoms with E-state index in [0.29, 0.717) is 46.2 Å². The summed E-state index contributed by atoms with van der Waals surface area (Å²) in [4.78, 5) is 43.5. The lowest BCUT2D eigenvalue weighted by Gasteiger charge is -2.36. The van der Waals surface area contributed by atoms with Gasteiger partial charge in [0.1, 0.15) is 17.6 Å². The lowest BCUT2D eigenvalue weighted by atomic mass is 9.77. The number of hydrogen-bond acceptors (Lipinski definition) is 9. The fourth-order valence-corrected chi connectivity index (χ4v) is 6.76. The average Bonchev–Trinajstić information content (AvgIpc) is 3.20. The Hall–Kier alpha value is -7.81. The van der Waals surface area contributed by atoms with Gasteiger partial charge >= 0.3 is 18.2 Å². The van der Waals surface area contributed by atoms with Crippen molar-refractivity contribution >= 4 is 46.2 Å². The maximum atomic E-state index is 13.3. The van der Waals surface area contributed by atoms with Crippen molar-refractivity contribution in [2.24, 2.45) is 5.92 Å². The van der Waals surface area contributed by atoms with E-state index < -0.39 is 35.8 Å². The summed E-state index contributed by atoms with van der Waals surface area (Å²) in [5.41, 5.74) is 9.03. The summed E-state index contributed by atoms with van der Waals surface area (Å²) in [5.74, 6) is -1.24. The van der Waals surface area contributed by atoms with Gasteiger partial charge in [-0.3, -0.25) is 9.69 Å². The third kappa shape index (κ3) is 8.49. The van der Waals surface area contributed by atoms with Gasteiger partial charge in [0.05, 0.1) is 28.3 Å². The van der Waals surface area contributed by atoms with Gasteiger partial charge in [-0.15, -0.1) is 0 Å². The van der Waals surface area contributed by atoms with Crippen LogP contribution in [0, 0.1) is 5.92 Å². The number of aliphatic hydroxyl groups is 1. The molecule has 7 N–H and O–H groups in total. The molecule has 2 amide bonds. The zero-order valence-electron chi connectivity index (χ0n) is 31.0. The van der Waals surface area contributed by atoms with Crippen molar-refractivity contribution in [1.82, 2.24) is 10.3 Å². The lowest BCUT2D eigenvalue weighted by molar-refractivity contribution is -0.137. The highest BCUT2D eigenvalue weighted by Gasteiger charge is 2.37. The largest absolute Gasteiger partial charge is 0.508 e. The normalized spacial score (nSPS) is 16.8. The molecule has 1 aromatic heterocycles. The number of fused-ring (bicyclic) bond motifs is 2. The van der Waals surface area contributed by atoms with Gasteiger partial charge in [0.25, 0.3) is 0 Å². The van der Waals surface area contributed by atoms with Crippen LogP contribution in [0.1, 0.15) is 27.0 Å². The second-order valence-electron chi connectivity index (χ2n) is 13.5. The number of pyridine rings is 1. The van der Waals surface area contributed by atoms with Gasteiger partial charge in [-0.25, -0.2) is 14.6 Å². The van der Waals surface area contributed by atoms with Crippen LogP contribution in [0.5, 0.6) is 0 Å². The number of hydrogen-bond donors (Lipinski definition) is 6. The van der Waals surface area contributed by atoms with Crippen LogP contribution in [-0.2, 0) is 22.3 Å². The summed E-state index contributed by atoms with van der Waals surface area (Å²) >= 11 is 0. The number of carboxylic acid groups (broad SMARTS) is 1. The number of aromatic nitrogens is 1. The Labute approximate surface area is 335 Å². The van der Waals surface area contributed by atoms with E-state index in [2.05, 4.69) is 34.1 Å². The first-order valence-electron chi connectivity index (χ1n) is 18.0. The predicted molar refractivity (Wildman–Crippen MR) is 218 cm³/mol. The van der Waals surface area contributed by atoms with Gasteiger partial charge in [-0.2, -0.15) is 13.2 Å². The van der Waals surface area contributed by atoms with E-state index >= 15 is 0 Å². The van der Waals surface area contributed by atoms with Crippen LogP contribution in [0.25, 0.3) is 16.8 Å². The van der Waals surface area contributed by atoms with Crippen molar-refractivity contribution in [3.05, 3.63) is 180 Å². The molecule has 2 atom stereocenters. The van der Waals surface area contributed by atoms with E-state index in [-0.39, 0.29) is 39.9 Å². The maximum Gasteiger partial charge on any atom is 0.416 e. The number of carboxylic acids is 1. The molecule has 7 rings (SSSR count). The molecule has 15 heteroatoms. The smallest absolute Gasteiger partial charge is 0.416 e. The minimum absolute atomic E-state index is 0.000512. The molecule has 3 aromatic carbocycles. The third-order valence-electron chi connectivity index (χ3n) is 9.57. The van der Waals surface area contributed by atoms with Gasteiger partial charge in [0.2, 0.25) is 0 Å². The molecular formula is C44H35F3N6O6. The molecular weight excluding hydrogens is 766 g/mol. The second kappa shape index (κ2) is 16.0. The van der Waals surface area contributed by atoms with E-state index in [1.807, 2.05) is 0 Å². The number of carbonyl (C=O) groups excluding carboxylic acids is 2. The fourth-order valence-electron chi connectivity index (χ4n) is 6.76. The number of halogens is 3. The number of allylic oxidation sites excluding steroid dienone is 4.